The molecule has 0 radical (unpaired) electrons. The average molecular weight is 153 g/mol. The third-order valence-electron chi connectivity index (χ3n) is 1.57. The van der Waals surface area contributed by atoms with Crippen molar-refractivity contribution in [3.63, 3.8) is 0 Å². The molecule has 1 aromatic heterocycles. The summed E-state index contributed by atoms with van der Waals surface area (Å²) in [6.45, 7) is 0.317. The van der Waals surface area contributed by atoms with Crippen molar-refractivity contribution in [1.82, 2.24) is 4.98 Å². The Labute approximate surface area is 63.3 Å². The first-order valence-electron chi connectivity index (χ1n) is 3.29. The normalized spacial score (nSPS) is 14.3. The van der Waals surface area contributed by atoms with Crippen LogP contribution < -0.4 is 4.89 Å². The minimum absolute atomic E-state index is 0.119. The van der Waals surface area contributed by atoms with Crippen molar-refractivity contribution in [2.24, 2.45) is 0 Å². The fourth-order valence-electron chi connectivity index (χ4n) is 1.02. The fourth-order valence-corrected chi connectivity index (χ4v) is 1.02. The minimum atomic E-state index is -0.119. The number of pyridine rings is 1. The van der Waals surface area contributed by atoms with E-state index in [1.807, 2.05) is 6.07 Å². The summed E-state index contributed by atoms with van der Waals surface area (Å²) in [5.74, 6) is 0.565. The van der Waals surface area contributed by atoms with E-state index >= 15 is 0 Å². The van der Waals surface area contributed by atoms with E-state index in [1.54, 1.807) is 6.20 Å². The number of nitrogens with zero attached hydrogens (tertiary/aromatic N) is 1. The lowest BCUT2D eigenvalue weighted by molar-refractivity contribution is -0.195. The van der Waals surface area contributed by atoms with Gasteiger partial charge in [0.15, 0.2) is 5.75 Å². The van der Waals surface area contributed by atoms with Crippen molar-refractivity contribution in [2.75, 3.05) is 0 Å². The van der Waals surface area contributed by atoms with Crippen molar-refractivity contribution in [3.8, 4) is 5.75 Å². The van der Waals surface area contributed by atoms with Crippen LogP contribution in [0, 0.1) is 0 Å². The Morgan fingerprint density at radius 1 is 1.64 bits per heavy atom. The number of aliphatic hydroxyl groups is 1. The average Bonchev–Trinajstić information content (AvgIpc) is 2.50. The standard InChI is InChI=1S/C7H7NO3/c9-3-6-7-5(1-2-8-6)4-10-11-7/h1-2,9H,3-4H2. The molecule has 0 aromatic carbocycles. The van der Waals surface area contributed by atoms with E-state index in [1.165, 1.54) is 0 Å². The van der Waals surface area contributed by atoms with Crippen LogP contribution in [0.1, 0.15) is 11.3 Å². The first-order chi connectivity index (χ1) is 5.42. The highest BCUT2D eigenvalue weighted by atomic mass is 17.2. The van der Waals surface area contributed by atoms with Crippen LogP contribution in [0.4, 0.5) is 0 Å². The molecule has 0 saturated heterocycles. The second kappa shape index (κ2) is 2.48. The van der Waals surface area contributed by atoms with Gasteiger partial charge >= 0.3 is 0 Å². The summed E-state index contributed by atoms with van der Waals surface area (Å²) in [5.41, 5.74) is 1.46. The zero-order valence-electron chi connectivity index (χ0n) is 5.78. The molecule has 0 atom stereocenters. The molecule has 11 heavy (non-hydrogen) atoms. The predicted molar refractivity (Wildman–Crippen MR) is 35.6 cm³/mol. The van der Waals surface area contributed by atoms with Crippen LogP contribution in [0.3, 0.4) is 0 Å². The number of rotatable bonds is 1. The summed E-state index contributed by atoms with van der Waals surface area (Å²) in [6.07, 6.45) is 1.63. The lowest BCUT2D eigenvalue weighted by Gasteiger charge is -1.98. The topological polar surface area (TPSA) is 51.6 Å². The van der Waals surface area contributed by atoms with Gasteiger partial charge in [0.05, 0.1) is 6.61 Å². The van der Waals surface area contributed by atoms with E-state index in [-0.39, 0.29) is 6.61 Å². The number of aromatic nitrogens is 1. The third kappa shape index (κ3) is 0.961. The number of hydrogen-bond acceptors (Lipinski definition) is 4. The maximum absolute atomic E-state index is 8.80. The molecule has 1 N–H and O–H groups in total. The second-order valence-corrected chi connectivity index (χ2v) is 2.25. The highest BCUT2D eigenvalue weighted by molar-refractivity contribution is 5.37. The van der Waals surface area contributed by atoms with Crippen LogP contribution in [0.25, 0.3) is 0 Å². The zero-order valence-corrected chi connectivity index (χ0v) is 5.78. The molecular formula is C7H7NO3. The van der Waals surface area contributed by atoms with Crippen LogP contribution in [0.2, 0.25) is 0 Å². The van der Waals surface area contributed by atoms with Gasteiger partial charge in [0.25, 0.3) is 0 Å². The van der Waals surface area contributed by atoms with Gasteiger partial charge < -0.3 is 9.99 Å². The molecule has 1 aliphatic heterocycles. The van der Waals surface area contributed by atoms with Crippen LogP contribution in [0.5, 0.6) is 5.75 Å². The van der Waals surface area contributed by atoms with Crippen LogP contribution in [-0.4, -0.2) is 10.1 Å². The van der Waals surface area contributed by atoms with E-state index in [4.69, 9.17) is 14.9 Å². The molecule has 2 heterocycles. The summed E-state index contributed by atoms with van der Waals surface area (Å²) in [7, 11) is 0. The zero-order chi connectivity index (χ0) is 7.68. The second-order valence-electron chi connectivity index (χ2n) is 2.25. The Balaban J connectivity index is 2.50. The van der Waals surface area contributed by atoms with Gasteiger partial charge in [-0.2, -0.15) is 4.89 Å². The van der Waals surface area contributed by atoms with Crippen LogP contribution in [0.15, 0.2) is 12.3 Å². The minimum Gasteiger partial charge on any atom is -0.390 e. The summed E-state index contributed by atoms with van der Waals surface area (Å²) in [4.78, 5) is 13.4. The molecule has 0 aliphatic carbocycles. The number of hydrogen-bond donors (Lipinski definition) is 1. The van der Waals surface area contributed by atoms with Gasteiger partial charge in [-0.15, -0.1) is 0 Å². The molecule has 0 saturated carbocycles. The van der Waals surface area contributed by atoms with E-state index < -0.39 is 0 Å². The lowest BCUT2D eigenvalue weighted by Crippen LogP contribution is -1.93. The first-order valence-corrected chi connectivity index (χ1v) is 3.29. The van der Waals surface area contributed by atoms with Gasteiger partial charge in [0, 0.05) is 11.8 Å². The molecule has 1 aromatic rings. The maximum atomic E-state index is 8.80. The van der Waals surface area contributed by atoms with Gasteiger partial charge in [-0.3, -0.25) is 4.98 Å². The lowest BCUT2D eigenvalue weighted by atomic mass is 10.2. The molecule has 0 spiro atoms. The molecule has 0 unspecified atom stereocenters. The summed E-state index contributed by atoms with van der Waals surface area (Å²) >= 11 is 0. The molecule has 4 heteroatoms. The Kier molecular flexibility index (Phi) is 1.48. The fraction of sp³-hybridized carbons (Fsp3) is 0.286. The SMILES string of the molecule is OCc1nccc2c1OOC2. The third-order valence-corrected chi connectivity index (χ3v) is 1.57. The van der Waals surface area contributed by atoms with E-state index in [2.05, 4.69) is 4.98 Å². The molecule has 4 nitrogen and oxygen atoms in total. The van der Waals surface area contributed by atoms with E-state index in [0.717, 1.165) is 5.56 Å². The van der Waals surface area contributed by atoms with Gasteiger partial charge in [-0.1, -0.05) is 0 Å². The van der Waals surface area contributed by atoms with Gasteiger partial charge in [0.2, 0.25) is 0 Å². The smallest absolute Gasteiger partial charge is 0.194 e. The molecule has 0 amide bonds. The molecule has 58 valence electrons. The first kappa shape index (κ1) is 6.57. The van der Waals surface area contributed by atoms with Gasteiger partial charge in [0.1, 0.15) is 12.3 Å². The van der Waals surface area contributed by atoms with Crippen molar-refractivity contribution in [3.05, 3.63) is 23.5 Å². The van der Waals surface area contributed by atoms with Crippen LogP contribution in [-0.2, 0) is 18.1 Å². The summed E-state index contributed by atoms with van der Waals surface area (Å²) in [5, 5.41) is 8.80. The van der Waals surface area contributed by atoms with Gasteiger partial charge in [-0.05, 0) is 6.07 Å². The van der Waals surface area contributed by atoms with E-state index in [0.29, 0.717) is 18.1 Å². The van der Waals surface area contributed by atoms with Crippen molar-refractivity contribution >= 4 is 0 Å². The Morgan fingerprint density at radius 2 is 2.55 bits per heavy atom. The largest absolute Gasteiger partial charge is 0.390 e. The van der Waals surface area contributed by atoms with E-state index in [9.17, 15) is 0 Å². The quantitative estimate of drug-likeness (QED) is 0.593. The monoisotopic (exact) mass is 153 g/mol. The highest BCUT2D eigenvalue weighted by Gasteiger charge is 2.17. The molecular weight excluding hydrogens is 146 g/mol. The van der Waals surface area contributed by atoms with Crippen molar-refractivity contribution < 1.29 is 14.9 Å². The highest BCUT2D eigenvalue weighted by Crippen LogP contribution is 2.28. The number of fused-ring (bicyclic) bond motifs is 1. The summed E-state index contributed by atoms with van der Waals surface area (Å²) < 4.78 is 0. The molecule has 1 aliphatic rings. The molecule has 0 bridgehead atoms. The Hall–Kier alpha value is -1.13. The maximum Gasteiger partial charge on any atom is 0.194 e. The molecule has 0 fully saturated rings. The Morgan fingerprint density at radius 3 is 3.36 bits per heavy atom. The van der Waals surface area contributed by atoms with Crippen molar-refractivity contribution in [2.45, 2.75) is 13.2 Å². The summed E-state index contributed by atoms with van der Waals surface area (Å²) in [6, 6.07) is 1.81. The Bertz CT molecular complexity index is 274. The van der Waals surface area contributed by atoms with Crippen molar-refractivity contribution in [1.29, 1.82) is 0 Å². The molecule has 2 rings (SSSR count). The predicted octanol–water partition coefficient (Wildman–Crippen LogP) is 0.398. The number of aliphatic hydroxyl groups excluding tert-OH is 1. The van der Waals surface area contributed by atoms with Crippen LogP contribution >= 0.6 is 0 Å². The van der Waals surface area contributed by atoms with Gasteiger partial charge in [-0.25, -0.2) is 0 Å².